The molecule has 1 aliphatic heterocycles. The van der Waals surface area contributed by atoms with Crippen molar-refractivity contribution in [1.82, 2.24) is 10.4 Å². The number of benzene rings is 2. The maximum Gasteiger partial charge on any atom is 0.265 e. The number of nitrogens with one attached hydrogen (secondary N) is 1. The summed E-state index contributed by atoms with van der Waals surface area (Å²) < 4.78 is 31.0. The fraction of sp³-hybridized carbons (Fsp3) is 0.348. The third kappa shape index (κ3) is 4.44. The van der Waals surface area contributed by atoms with Gasteiger partial charge in [0, 0.05) is 13.1 Å². The van der Waals surface area contributed by atoms with Crippen LogP contribution in [0.15, 0.2) is 47.4 Å². The van der Waals surface area contributed by atoms with Crippen molar-refractivity contribution >= 4 is 15.7 Å². The number of hydroxylamine groups is 1. The number of sulfone groups is 1. The standard InChI is InChI=1S/C23H26N2O5S/c1-4-13-25-14-11-23(12-15-25,22(26)24-27)31(28,29)21-9-7-19(8-10-21)30-20-6-5-17(2)18(3)16-20/h1,5-10,16,27H,11-15H2,2-3H3,(H,24,26). The van der Waals surface area contributed by atoms with Crippen LogP contribution in [-0.4, -0.2) is 48.8 Å². The molecule has 0 atom stereocenters. The molecule has 0 spiro atoms. The lowest BCUT2D eigenvalue weighted by Gasteiger charge is -2.38. The summed E-state index contributed by atoms with van der Waals surface area (Å²) in [6.07, 6.45) is 5.40. The van der Waals surface area contributed by atoms with E-state index in [4.69, 9.17) is 11.2 Å². The maximum absolute atomic E-state index is 13.5. The summed E-state index contributed by atoms with van der Waals surface area (Å²) in [4.78, 5) is 14.4. The molecule has 0 aliphatic carbocycles. The molecule has 0 saturated carbocycles. The first-order valence-electron chi connectivity index (χ1n) is 9.93. The summed E-state index contributed by atoms with van der Waals surface area (Å²) in [5.74, 6) is 2.72. The van der Waals surface area contributed by atoms with E-state index >= 15 is 0 Å². The summed E-state index contributed by atoms with van der Waals surface area (Å²) in [5.41, 5.74) is 3.79. The highest BCUT2D eigenvalue weighted by Crippen LogP contribution is 2.36. The molecule has 3 rings (SSSR count). The van der Waals surface area contributed by atoms with Gasteiger partial charge in [-0.25, -0.2) is 13.9 Å². The average Bonchev–Trinajstić information content (AvgIpc) is 2.77. The molecule has 164 valence electrons. The van der Waals surface area contributed by atoms with Gasteiger partial charge in [-0.2, -0.15) is 0 Å². The van der Waals surface area contributed by atoms with E-state index in [1.165, 1.54) is 12.1 Å². The van der Waals surface area contributed by atoms with E-state index in [9.17, 15) is 18.4 Å². The van der Waals surface area contributed by atoms with Gasteiger partial charge in [0.2, 0.25) is 0 Å². The molecule has 1 aliphatic rings. The van der Waals surface area contributed by atoms with Crippen LogP contribution < -0.4 is 10.2 Å². The summed E-state index contributed by atoms with van der Waals surface area (Å²) >= 11 is 0. The zero-order valence-electron chi connectivity index (χ0n) is 17.6. The Labute approximate surface area is 182 Å². The quantitative estimate of drug-likeness (QED) is 0.406. The number of amides is 1. The Hall–Kier alpha value is -2.86. The summed E-state index contributed by atoms with van der Waals surface area (Å²) in [7, 11) is -4.08. The Bertz CT molecular complexity index is 1100. The molecule has 1 heterocycles. The van der Waals surface area contributed by atoms with Gasteiger partial charge in [-0.1, -0.05) is 12.0 Å². The minimum absolute atomic E-state index is 0.00561. The third-order valence-electron chi connectivity index (χ3n) is 5.86. The van der Waals surface area contributed by atoms with Crippen LogP contribution >= 0.6 is 0 Å². The first kappa shape index (κ1) is 22.8. The van der Waals surface area contributed by atoms with Crippen molar-refractivity contribution < 1.29 is 23.2 Å². The molecular weight excluding hydrogens is 416 g/mol. The molecule has 2 N–H and O–H groups in total. The Morgan fingerprint density at radius 1 is 1.13 bits per heavy atom. The molecule has 0 aromatic heterocycles. The number of carbonyl (C=O) groups is 1. The molecule has 1 saturated heterocycles. The van der Waals surface area contributed by atoms with Crippen molar-refractivity contribution in [3.05, 3.63) is 53.6 Å². The fourth-order valence-corrected chi connectivity index (χ4v) is 5.70. The highest BCUT2D eigenvalue weighted by atomic mass is 32.2. The van der Waals surface area contributed by atoms with Crippen LogP contribution in [0.3, 0.4) is 0 Å². The first-order chi connectivity index (χ1) is 14.7. The van der Waals surface area contributed by atoms with Crippen LogP contribution in [0.4, 0.5) is 0 Å². The van der Waals surface area contributed by atoms with E-state index in [0.717, 1.165) is 11.1 Å². The number of terminal acetylenes is 1. The molecule has 7 nitrogen and oxygen atoms in total. The number of aryl methyl sites for hydroxylation is 2. The number of rotatable bonds is 6. The van der Waals surface area contributed by atoms with Gasteiger partial charge in [0.15, 0.2) is 14.6 Å². The number of ether oxygens (including phenoxy) is 1. The molecule has 31 heavy (non-hydrogen) atoms. The molecule has 2 aromatic rings. The van der Waals surface area contributed by atoms with E-state index in [0.29, 0.717) is 31.1 Å². The number of carbonyl (C=O) groups excluding carboxylic acids is 1. The van der Waals surface area contributed by atoms with E-state index in [1.54, 1.807) is 17.6 Å². The Kier molecular flexibility index (Phi) is 6.70. The Morgan fingerprint density at radius 2 is 1.74 bits per heavy atom. The van der Waals surface area contributed by atoms with Crippen LogP contribution in [0, 0.1) is 26.2 Å². The first-order valence-corrected chi connectivity index (χ1v) is 11.4. The number of piperidine rings is 1. The second-order valence-corrected chi connectivity index (χ2v) is 10.00. The molecule has 8 heteroatoms. The molecule has 0 radical (unpaired) electrons. The third-order valence-corrected chi connectivity index (χ3v) is 8.37. The van der Waals surface area contributed by atoms with Gasteiger partial charge in [-0.15, -0.1) is 6.42 Å². The lowest BCUT2D eigenvalue weighted by atomic mass is 9.95. The smallest absolute Gasteiger partial charge is 0.265 e. The minimum Gasteiger partial charge on any atom is -0.457 e. The number of hydrogen-bond acceptors (Lipinski definition) is 6. The molecule has 0 bridgehead atoms. The zero-order valence-corrected chi connectivity index (χ0v) is 18.4. The number of nitrogens with zero attached hydrogens (tertiary/aromatic N) is 1. The predicted octanol–water partition coefficient (Wildman–Crippen LogP) is 2.84. The highest BCUT2D eigenvalue weighted by Gasteiger charge is 2.52. The largest absolute Gasteiger partial charge is 0.457 e. The van der Waals surface area contributed by atoms with Crippen molar-refractivity contribution in [1.29, 1.82) is 0 Å². The van der Waals surface area contributed by atoms with Crippen LogP contribution in [0.5, 0.6) is 11.5 Å². The topological polar surface area (TPSA) is 95.9 Å². The zero-order chi connectivity index (χ0) is 22.6. The predicted molar refractivity (Wildman–Crippen MR) is 117 cm³/mol. The van der Waals surface area contributed by atoms with Gasteiger partial charge < -0.3 is 4.74 Å². The summed E-state index contributed by atoms with van der Waals surface area (Å²) in [6, 6.07) is 11.7. The molecule has 0 unspecified atom stereocenters. The maximum atomic E-state index is 13.5. The van der Waals surface area contributed by atoms with Gasteiger partial charge in [0.05, 0.1) is 11.4 Å². The van der Waals surface area contributed by atoms with Gasteiger partial charge in [0.25, 0.3) is 5.91 Å². The second kappa shape index (κ2) is 9.10. The van der Waals surface area contributed by atoms with Crippen molar-refractivity contribution in [2.24, 2.45) is 0 Å². The van der Waals surface area contributed by atoms with Gasteiger partial charge in [-0.05, 0) is 74.2 Å². The Morgan fingerprint density at radius 3 is 2.29 bits per heavy atom. The second-order valence-electron chi connectivity index (χ2n) is 7.74. The van der Waals surface area contributed by atoms with E-state index in [2.05, 4.69) is 5.92 Å². The monoisotopic (exact) mass is 442 g/mol. The van der Waals surface area contributed by atoms with Gasteiger partial charge in [0.1, 0.15) is 11.5 Å². The molecule has 1 fully saturated rings. The van der Waals surface area contributed by atoms with E-state index in [-0.39, 0.29) is 17.7 Å². The van der Waals surface area contributed by atoms with Crippen LogP contribution in [0.1, 0.15) is 24.0 Å². The van der Waals surface area contributed by atoms with E-state index in [1.807, 2.05) is 36.9 Å². The van der Waals surface area contributed by atoms with Crippen molar-refractivity contribution in [3.63, 3.8) is 0 Å². The van der Waals surface area contributed by atoms with E-state index < -0.39 is 20.5 Å². The fourth-order valence-electron chi connectivity index (χ4n) is 3.75. The van der Waals surface area contributed by atoms with Crippen molar-refractivity contribution in [2.45, 2.75) is 36.3 Å². The Balaban J connectivity index is 1.86. The number of likely N-dealkylation sites (tertiary alicyclic amines) is 1. The van der Waals surface area contributed by atoms with Crippen LogP contribution in [0.2, 0.25) is 0 Å². The van der Waals surface area contributed by atoms with Crippen molar-refractivity contribution in [3.8, 4) is 23.8 Å². The number of hydrogen-bond donors (Lipinski definition) is 2. The highest BCUT2D eigenvalue weighted by molar-refractivity contribution is 7.93. The SMILES string of the molecule is C#CCN1CCC(C(=O)NO)(S(=O)(=O)c2ccc(Oc3ccc(C)c(C)c3)cc2)CC1. The van der Waals surface area contributed by atoms with Gasteiger partial charge in [-0.3, -0.25) is 14.9 Å². The summed E-state index contributed by atoms with van der Waals surface area (Å²) in [5, 5.41) is 9.25. The summed E-state index contributed by atoms with van der Waals surface area (Å²) in [6.45, 7) is 5.05. The molecule has 2 aromatic carbocycles. The minimum atomic E-state index is -4.08. The molecular formula is C23H26N2O5S. The van der Waals surface area contributed by atoms with Crippen LogP contribution in [0.25, 0.3) is 0 Å². The lowest BCUT2D eigenvalue weighted by Crippen LogP contribution is -2.57. The van der Waals surface area contributed by atoms with Crippen LogP contribution in [-0.2, 0) is 14.6 Å². The van der Waals surface area contributed by atoms with Crippen molar-refractivity contribution in [2.75, 3.05) is 19.6 Å². The normalized spacial score (nSPS) is 16.3. The van der Waals surface area contributed by atoms with Gasteiger partial charge >= 0.3 is 0 Å². The average molecular weight is 443 g/mol. The molecule has 1 amide bonds. The lowest BCUT2D eigenvalue weighted by molar-refractivity contribution is -0.133.